The maximum absolute atomic E-state index is 6.66. The van der Waals surface area contributed by atoms with Crippen LogP contribution in [0.15, 0.2) is 170 Å². The van der Waals surface area contributed by atoms with Crippen LogP contribution in [0, 0.1) is 0 Å². The highest BCUT2D eigenvalue weighted by atomic mass is 16.3. The summed E-state index contributed by atoms with van der Waals surface area (Å²) in [6.45, 7) is 14.0. The van der Waals surface area contributed by atoms with Crippen molar-refractivity contribution >= 4 is 61.0 Å². The average Bonchev–Trinajstić information content (AvgIpc) is 3.59. The largest absolute Gasteiger partial charge is 0.455 e. The van der Waals surface area contributed by atoms with Gasteiger partial charge in [-0.05, 0) is 74.1 Å². The van der Waals surface area contributed by atoms with Crippen molar-refractivity contribution < 1.29 is 4.42 Å². The predicted molar refractivity (Wildman–Crippen MR) is 228 cm³/mol. The Bertz CT molecular complexity index is 2970. The number of hydrogen-bond donors (Lipinski definition) is 0. The van der Waals surface area contributed by atoms with Gasteiger partial charge in [0, 0.05) is 33.2 Å². The van der Waals surface area contributed by atoms with Gasteiger partial charge in [-0.1, -0.05) is 159 Å². The zero-order valence-electron chi connectivity index (χ0n) is 29.9. The topological polar surface area (TPSA) is 51.8 Å². The Morgan fingerprint density at radius 2 is 1.26 bits per heavy atom. The van der Waals surface area contributed by atoms with Crippen LogP contribution in [0.25, 0.3) is 106 Å². The summed E-state index contributed by atoms with van der Waals surface area (Å²) in [5.74, 6) is 2.29. The molecule has 0 bridgehead atoms. The molecule has 0 amide bonds. The van der Waals surface area contributed by atoms with Crippen molar-refractivity contribution in [2.24, 2.45) is 0 Å². The molecule has 0 saturated heterocycles. The Morgan fingerprint density at radius 1 is 0.593 bits per heavy atom. The van der Waals surface area contributed by atoms with E-state index < -0.39 is 0 Å². The molecule has 0 aliphatic carbocycles. The first-order valence-corrected chi connectivity index (χ1v) is 18.0. The summed E-state index contributed by atoms with van der Waals surface area (Å²) in [6, 6.07) is 42.8. The fourth-order valence-electron chi connectivity index (χ4n) is 7.67. The van der Waals surface area contributed by atoms with Crippen LogP contribution in [-0.4, -0.2) is 15.0 Å². The predicted octanol–water partition coefficient (Wildman–Crippen LogP) is 13.6. The van der Waals surface area contributed by atoms with E-state index in [-0.39, 0.29) is 0 Å². The third kappa shape index (κ3) is 5.35. The third-order valence-corrected chi connectivity index (χ3v) is 10.1. The molecule has 0 unspecified atom stereocenters. The molecule has 9 rings (SSSR count). The van der Waals surface area contributed by atoms with Gasteiger partial charge in [0.15, 0.2) is 17.5 Å². The van der Waals surface area contributed by atoms with Crippen molar-refractivity contribution in [3.8, 4) is 45.0 Å². The number of aromatic nitrogens is 3. The fraction of sp³-hybridized carbons (Fsp3) is 0.0200. The van der Waals surface area contributed by atoms with Gasteiger partial charge >= 0.3 is 0 Å². The Kier molecular flexibility index (Phi) is 8.13. The molecule has 54 heavy (non-hydrogen) atoms. The average molecular weight is 694 g/mol. The number of allylic oxidation sites excluding steroid dienone is 5. The second kappa shape index (κ2) is 13.4. The van der Waals surface area contributed by atoms with Crippen LogP contribution in [-0.2, 0) is 0 Å². The quantitative estimate of drug-likeness (QED) is 0.112. The van der Waals surface area contributed by atoms with Crippen LogP contribution in [0.1, 0.15) is 24.1 Å². The van der Waals surface area contributed by atoms with E-state index in [0.29, 0.717) is 23.2 Å². The van der Waals surface area contributed by atoms with E-state index in [4.69, 9.17) is 19.4 Å². The van der Waals surface area contributed by atoms with E-state index >= 15 is 0 Å². The van der Waals surface area contributed by atoms with Crippen LogP contribution in [0.3, 0.4) is 0 Å². The van der Waals surface area contributed by atoms with Crippen LogP contribution in [0.4, 0.5) is 0 Å². The molecule has 0 spiro atoms. The molecule has 256 valence electrons. The molecule has 0 fully saturated rings. The van der Waals surface area contributed by atoms with Crippen molar-refractivity contribution in [2.45, 2.75) is 6.92 Å². The van der Waals surface area contributed by atoms with Crippen LogP contribution in [0.5, 0.6) is 0 Å². The minimum atomic E-state index is 0.505. The third-order valence-electron chi connectivity index (χ3n) is 10.1. The zero-order chi connectivity index (χ0) is 36.8. The smallest absolute Gasteiger partial charge is 0.164 e. The Labute approximate surface area is 313 Å². The molecule has 4 nitrogen and oxygen atoms in total. The molecule has 0 atom stereocenters. The lowest BCUT2D eigenvalue weighted by Gasteiger charge is -2.15. The van der Waals surface area contributed by atoms with Gasteiger partial charge in [-0.15, -0.1) is 0 Å². The monoisotopic (exact) mass is 693 g/mol. The van der Waals surface area contributed by atoms with Gasteiger partial charge in [0.05, 0.1) is 0 Å². The van der Waals surface area contributed by atoms with E-state index in [1.165, 1.54) is 37.9 Å². The molecule has 4 heteroatoms. The van der Waals surface area contributed by atoms with E-state index in [1.807, 2.05) is 49.4 Å². The fourth-order valence-corrected chi connectivity index (χ4v) is 7.67. The first-order valence-electron chi connectivity index (χ1n) is 18.0. The summed E-state index contributed by atoms with van der Waals surface area (Å²) in [6.07, 6.45) is 11.2. The lowest BCUT2D eigenvalue weighted by Crippen LogP contribution is -2.03. The zero-order valence-corrected chi connectivity index (χ0v) is 29.9. The van der Waals surface area contributed by atoms with E-state index in [0.717, 1.165) is 49.9 Å². The number of benzene rings is 7. The summed E-state index contributed by atoms with van der Waals surface area (Å²) < 4.78 is 6.66. The molecule has 0 aliphatic rings. The molecular formula is C50H35N3O. The van der Waals surface area contributed by atoms with E-state index in [9.17, 15) is 0 Å². The minimum Gasteiger partial charge on any atom is -0.455 e. The summed E-state index contributed by atoms with van der Waals surface area (Å²) in [7, 11) is 0. The molecule has 2 aromatic heterocycles. The Balaban J connectivity index is 1.27. The summed E-state index contributed by atoms with van der Waals surface area (Å²) in [4.78, 5) is 15.0. The normalized spacial score (nSPS) is 12.1. The van der Waals surface area contributed by atoms with Crippen LogP contribution < -0.4 is 0 Å². The molecule has 9 aromatic rings. The molecule has 0 saturated carbocycles. The van der Waals surface area contributed by atoms with Crippen molar-refractivity contribution in [2.75, 3.05) is 0 Å². The summed E-state index contributed by atoms with van der Waals surface area (Å²) >= 11 is 0. The van der Waals surface area contributed by atoms with Crippen molar-refractivity contribution in [3.05, 3.63) is 183 Å². The maximum Gasteiger partial charge on any atom is 0.164 e. The molecule has 0 aliphatic heterocycles. The van der Waals surface area contributed by atoms with Crippen molar-refractivity contribution in [1.82, 2.24) is 15.0 Å². The van der Waals surface area contributed by atoms with Gasteiger partial charge in [-0.3, -0.25) is 0 Å². The first kappa shape index (κ1) is 32.7. The van der Waals surface area contributed by atoms with E-state index in [2.05, 4.69) is 117 Å². The Hall–Kier alpha value is -7.17. The molecule has 7 aromatic carbocycles. The molecular weight excluding hydrogens is 659 g/mol. The number of fused-ring (bicyclic) bond motifs is 1. The summed E-state index contributed by atoms with van der Waals surface area (Å²) in [5.41, 5.74) is 8.33. The van der Waals surface area contributed by atoms with Gasteiger partial charge in [0.25, 0.3) is 0 Å². The van der Waals surface area contributed by atoms with Gasteiger partial charge in [0.2, 0.25) is 0 Å². The highest BCUT2D eigenvalue weighted by Gasteiger charge is 2.22. The maximum atomic E-state index is 6.66. The number of furan rings is 1. The van der Waals surface area contributed by atoms with Gasteiger partial charge in [0.1, 0.15) is 11.3 Å². The highest BCUT2D eigenvalue weighted by Crippen LogP contribution is 2.43. The van der Waals surface area contributed by atoms with Crippen molar-refractivity contribution in [1.29, 1.82) is 0 Å². The number of nitrogens with zero attached hydrogens (tertiary/aromatic N) is 3. The molecule has 0 radical (unpaired) electrons. The first-order chi connectivity index (χ1) is 26.6. The standard InChI is InChI=1S/C50H35N3O/c1-5-13-31(7-3)48-51-49(37-15-10-9-11-16-37)53-50(52-48)42-30-29-41-39(14-6-2)43(8-4)54-47(41)46(42)36-21-19-32(20-22-36)38-27-25-35-24-23-33-17-12-18-34-26-28-40(38)45(35)44(33)34/h5-30H,1,3-4H2,2H3/b14-6-,31-13+. The second-order valence-corrected chi connectivity index (χ2v) is 13.2. The van der Waals surface area contributed by atoms with Gasteiger partial charge in [-0.2, -0.15) is 0 Å². The van der Waals surface area contributed by atoms with Crippen LogP contribution in [0.2, 0.25) is 0 Å². The number of hydrogen-bond acceptors (Lipinski definition) is 4. The lowest BCUT2D eigenvalue weighted by molar-refractivity contribution is 0.604. The second-order valence-electron chi connectivity index (χ2n) is 13.2. The van der Waals surface area contributed by atoms with Crippen molar-refractivity contribution in [3.63, 3.8) is 0 Å². The van der Waals surface area contributed by atoms with E-state index in [1.54, 1.807) is 18.2 Å². The minimum absolute atomic E-state index is 0.505. The lowest BCUT2D eigenvalue weighted by atomic mass is 9.89. The van der Waals surface area contributed by atoms with Gasteiger partial charge in [-0.25, -0.2) is 15.0 Å². The van der Waals surface area contributed by atoms with Crippen LogP contribution >= 0.6 is 0 Å². The highest BCUT2D eigenvalue weighted by molar-refractivity contribution is 6.25. The molecule has 2 heterocycles. The Morgan fingerprint density at radius 3 is 1.98 bits per heavy atom. The summed E-state index contributed by atoms with van der Waals surface area (Å²) in [5, 5.41) is 8.58. The number of rotatable bonds is 9. The SMILES string of the molecule is C=C/C=C(\C=C)c1nc(-c2ccccc2)nc(-c2ccc3c(/C=C\C)c(C=C)oc3c2-c2ccc(-c3ccc4ccc5cccc6ccc3c4c56)cc2)n1. The van der Waals surface area contributed by atoms with Gasteiger partial charge < -0.3 is 4.42 Å². The molecule has 0 N–H and O–H groups in total.